The fourth-order valence-corrected chi connectivity index (χ4v) is 6.38. The van der Waals surface area contributed by atoms with Crippen LogP contribution >= 0.6 is 0 Å². The van der Waals surface area contributed by atoms with Crippen LogP contribution in [0.2, 0.25) is 6.04 Å². The fourth-order valence-electron chi connectivity index (χ4n) is 3.80. The molecule has 1 unspecified atom stereocenters. The minimum atomic E-state index is -2.54. The summed E-state index contributed by atoms with van der Waals surface area (Å²) in [5.74, 6) is 0. The molecule has 0 aliphatic carbocycles. The first kappa shape index (κ1) is 23.1. The highest BCUT2D eigenvalue weighted by molar-refractivity contribution is 6.60. The number of hydrogen-bond acceptors (Lipinski definition) is 5. The lowest BCUT2D eigenvalue weighted by molar-refractivity contribution is -0.119. The normalized spacial score (nSPS) is 23.8. The molecule has 5 nitrogen and oxygen atoms in total. The molecule has 6 heteroatoms. The summed E-state index contributed by atoms with van der Waals surface area (Å²) in [4.78, 5) is 2.47. The van der Waals surface area contributed by atoms with Gasteiger partial charge in [-0.3, -0.25) is 4.90 Å². The van der Waals surface area contributed by atoms with Gasteiger partial charge < -0.3 is 18.0 Å². The van der Waals surface area contributed by atoms with E-state index in [0.717, 1.165) is 31.9 Å². The summed E-state index contributed by atoms with van der Waals surface area (Å²) in [6.07, 6.45) is 3.43. The van der Waals surface area contributed by atoms with Gasteiger partial charge in [-0.15, -0.1) is 0 Å². The van der Waals surface area contributed by atoms with Gasteiger partial charge in [-0.05, 0) is 74.8 Å². The number of rotatable bonds is 11. The molecule has 150 valence electrons. The van der Waals surface area contributed by atoms with Crippen LogP contribution in [0, 0.1) is 0 Å². The molecular formula is C19H41NO4Si. The Bertz CT molecular complexity index is 373. The average Bonchev–Trinajstić information content (AvgIpc) is 2.52. The van der Waals surface area contributed by atoms with E-state index < -0.39 is 8.80 Å². The molecule has 0 spiro atoms. The molecule has 1 rings (SSSR count). The molecule has 0 N–H and O–H groups in total. The summed E-state index contributed by atoms with van der Waals surface area (Å²) in [7, 11) is -0.330. The third-order valence-corrected chi connectivity index (χ3v) is 8.77. The van der Waals surface area contributed by atoms with Crippen molar-refractivity contribution in [1.82, 2.24) is 4.90 Å². The summed E-state index contributed by atoms with van der Waals surface area (Å²) in [5.41, 5.74) is 0.264. The summed E-state index contributed by atoms with van der Waals surface area (Å²) in [6.45, 7) is 17.8. The van der Waals surface area contributed by atoms with E-state index in [9.17, 15) is 0 Å². The molecule has 0 saturated carbocycles. The Labute approximate surface area is 156 Å². The second-order valence-electron chi connectivity index (χ2n) is 8.01. The SMILES string of the molecule is CCO[Si](CCCOC1CCC(C)(C)N(C)C1(C)C)(OCC)OCC. The summed E-state index contributed by atoms with van der Waals surface area (Å²) < 4.78 is 24.1. The zero-order valence-electron chi connectivity index (χ0n) is 17.8. The standard InChI is InChI=1S/C19H41NO4Si/c1-9-22-25(23-10-2,24-11-3)16-12-15-21-17-13-14-18(4,5)20(8)19(17,6)7/h17H,9-16H2,1-8H3. The topological polar surface area (TPSA) is 40.2 Å². The van der Waals surface area contributed by atoms with Crippen molar-refractivity contribution in [2.45, 2.75) is 91.0 Å². The third-order valence-electron chi connectivity index (χ3n) is 5.62. The number of likely N-dealkylation sites (N-methyl/N-ethyl adjacent to an activating group) is 1. The van der Waals surface area contributed by atoms with Crippen LogP contribution in [0.1, 0.15) is 67.7 Å². The summed E-state index contributed by atoms with van der Waals surface area (Å²) in [6, 6.07) is 0.816. The lowest BCUT2D eigenvalue weighted by Crippen LogP contribution is -2.63. The van der Waals surface area contributed by atoms with E-state index in [2.05, 4.69) is 39.6 Å². The van der Waals surface area contributed by atoms with Gasteiger partial charge in [-0.25, -0.2) is 0 Å². The predicted octanol–water partition coefficient (Wildman–Crippen LogP) is 4.09. The van der Waals surface area contributed by atoms with Gasteiger partial charge in [0.1, 0.15) is 0 Å². The van der Waals surface area contributed by atoms with Gasteiger partial charge in [0.05, 0.1) is 6.10 Å². The minimum absolute atomic E-state index is 0.0377. The Kier molecular flexibility index (Phi) is 9.05. The van der Waals surface area contributed by atoms with Gasteiger partial charge in [0.25, 0.3) is 0 Å². The number of piperidine rings is 1. The van der Waals surface area contributed by atoms with Crippen molar-refractivity contribution in [2.75, 3.05) is 33.5 Å². The molecular weight excluding hydrogens is 334 g/mol. The quantitative estimate of drug-likeness (QED) is 0.402. The first-order valence-corrected chi connectivity index (χ1v) is 11.9. The van der Waals surface area contributed by atoms with Crippen LogP contribution in [0.5, 0.6) is 0 Å². The van der Waals surface area contributed by atoms with Crippen molar-refractivity contribution >= 4 is 8.80 Å². The Morgan fingerprint density at radius 2 is 1.48 bits per heavy atom. The highest BCUT2D eigenvalue weighted by Crippen LogP contribution is 2.38. The van der Waals surface area contributed by atoms with Crippen molar-refractivity contribution in [2.24, 2.45) is 0 Å². The predicted molar refractivity (Wildman–Crippen MR) is 105 cm³/mol. The van der Waals surface area contributed by atoms with E-state index in [-0.39, 0.29) is 17.2 Å². The first-order valence-electron chi connectivity index (χ1n) is 9.92. The van der Waals surface area contributed by atoms with Crippen molar-refractivity contribution in [1.29, 1.82) is 0 Å². The van der Waals surface area contributed by atoms with Gasteiger partial charge in [0, 0.05) is 43.5 Å². The molecule has 25 heavy (non-hydrogen) atoms. The molecule has 1 fully saturated rings. The highest BCUT2D eigenvalue weighted by atomic mass is 28.4. The molecule has 1 aliphatic heterocycles. The van der Waals surface area contributed by atoms with Crippen LogP contribution in [-0.4, -0.2) is 64.4 Å². The summed E-state index contributed by atoms with van der Waals surface area (Å²) in [5, 5.41) is 0. The Balaban J connectivity index is 2.55. The second kappa shape index (κ2) is 9.81. The minimum Gasteiger partial charge on any atom is -0.376 e. The van der Waals surface area contributed by atoms with E-state index >= 15 is 0 Å². The van der Waals surface area contributed by atoms with Crippen molar-refractivity contribution in [3.05, 3.63) is 0 Å². The maximum absolute atomic E-state index is 6.31. The van der Waals surface area contributed by atoms with Crippen LogP contribution in [0.4, 0.5) is 0 Å². The third kappa shape index (κ3) is 6.01. The van der Waals surface area contributed by atoms with Crippen molar-refractivity contribution in [3.63, 3.8) is 0 Å². The molecule has 0 amide bonds. The van der Waals surface area contributed by atoms with E-state index in [4.69, 9.17) is 18.0 Å². The maximum Gasteiger partial charge on any atom is 0.501 e. The van der Waals surface area contributed by atoms with E-state index in [1.807, 2.05) is 20.8 Å². The molecule has 1 atom stereocenters. The smallest absolute Gasteiger partial charge is 0.376 e. The van der Waals surface area contributed by atoms with Crippen LogP contribution in [-0.2, 0) is 18.0 Å². The van der Waals surface area contributed by atoms with Crippen LogP contribution < -0.4 is 0 Å². The molecule has 0 aromatic heterocycles. The molecule has 1 aliphatic rings. The lowest BCUT2D eigenvalue weighted by atomic mass is 9.78. The van der Waals surface area contributed by atoms with Crippen molar-refractivity contribution < 1.29 is 18.0 Å². The monoisotopic (exact) mass is 375 g/mol. The number of likely N-dealkylation sites (tertiary alicyclic amines) is 1. The highest BCUT2D eigenvalue weighted by Gasteiger charge is 2.45. The second-order valence-corrected chi connectivity index (χ2v) is 10.7. The average molecular weight is 376 g/mol. The summed E-state index contributed by atoms with van der Waals surface area (Å²) >= 11 is 0. The van der Waals surface area contributed by atoms with Gasteiger partial charge in [0.15, 0.2) is 0 Å². The largest absolute Gasteiger partial charge is 0.501 e. The van der Waals surface area contributed by atoms with Gasteiger partial charge in [-0.1, -0.05) is 0 Å². The van der Waals surface area contributed by atoms with Crippen LogP contribution in [0.25, 0.3) is 0 Å². The molecule has 0 radical (unpaired) electrons. The van der Waals surface area contributed by atoms with Crippen LogP contribution in [0.3, 0.4) is 0 Å². The maximum atomic E-state index is 6.31. The molecule has 1 heterocycles. The molecule has 0 aromatic rings. The van der Waals surface area contributed by atoms with E-state index in [1.54, 1.807) is 0 Å². The Hall–Kier alpha value is 0.0169. The first-order chi connectivity index (χ1) is 11.6. The van der Waals surface area contributed by atoms with E-state index in [1.165, 1.54) is 0 Å². The molecule has 0 aromatic carbocycles. The Morgan fingerprint density at radius 3 is 1.96 bits per heavy atom. The fraction of sp³-hybridized carbons (Fsp3) is 1.00. The zero-order chi connectivity index (χ0) is 19.1. The molecule has 0 bridgehead atoms. The van der Waals surface area contributed by atoms with E-state index in [0.29, 0.717) is 19.8 Å². The van der Waals surface area contributed by atoms with Crippen molar-refractivity contribution in [3.8, 4) is 0 Å². The van der Waals surface area contributed by atoms with Gasteiger partial charge in [0.2, 0.25) is 0 Å². The number of hydrogen-bond donors (Lipinski definition) is 0. The molecule has 1 saturated heterocycles. The van der Waals surface area contributed by atoms with Gasteiger partial charge in [-0.2, -0.15) is 0 Å². The lowest BCUT2D eigenvalue weighted by Gasteiger charge is -2.54. The number of nitrogens with zero attached hydrogens (tertiary/aromatic N) is 1. The Morgan fingerprint density at radius 1 is 0.960 bits per heavy atom. The van der Waals surface area contributed by atoms with Crippen LogP contribution in [0.15, 0.2) is 0 Å². The number of ether oxygens (including phenoxy) is 1. The zero-order valence-corrected chi connectivity index (χ0v) is 18.8. The van der Waals surface area contributed by atoms with Gasteiger partial charge >= 0.3 is 8.80 Å².